The zero-order chi connectivity index (χ0) is 14.4. The third kappa shape index (κ3) is 5.01. The van der Waals surface area contributed by atoms with Crippen molar-refractivity contribution in [3.05, 3.63) is 0 Å². The van der Waals surface area contributed by atoms with E-state index < -0.39 is 0 Å². The first-order valence-corrected chi connectivity index (χ1v) is 8.72. The van der Waals surface area contributed by atoms with Crippen molar-refractivity contribution in [2.45, 2.75) is 57.9 Å². The molecule has 1 heterocycles. The Hall–Kier alpha value is -0.120. The van der Waals surface area contributed by atoms with E-state index in [0.717, 1.165) is 30.8 Å². The molecule has 0 bridgehead atoms. The number of piperidine rings is 1. The summed E-state index contributed by atoms with van der Waals surface area (Å²) in [6.07, 6.45) is 9.35. The predicted octanol–water partition coefficient (Wildman–Crippen LogP) is 2.59. The van der Waals surface area contributed by atoms with Gasteiger partial charge in [0.15, 0.2) is 0 Å². The Morgan fingerprint density at radius 3 is 2.55 bits per heavy atom. The second-order valence-corrected chi connectivity index (χ2v) is 7.23. The second-order valence-electron chi connectivity index (χ2n) is 7.23. The minimum absolute atomic E-state index is 0.322. The quantitative estimate of drug-likeness (QED) is 0.811. The fourth-order valence-electron chi connectivity index (χ4n) is 4.14. The molecule has 3 nitrogen and oxygen atoms in total. The highest BCUT2D eigenvalue weighted by molar-refractivity contribution is 4.81. The molecule has 1 saturated heterocycles. The lowest BCUT2D eigenvalue weighted by atomic mass is 9.82. The van der Waals surface area contributed by atoms with Crippen molar-refractivity contribution in [3.63, 3.8) is 0 Å². The molecule has 118 valence electrons. The van der Waals surface area contributed by atoms with E-state index in [4.69, 9.17) is 5.11 Å². The molecular formula is C17H34N2O. The fraction of sp³-hybridized carbons (Fsp3) is 1.00. The third-order valence-electron chi connectivity index (χ3n) is 5.41. The van der Waals surface area contributed by atoms with Gasteiger partial charge in [0.05, 0.1) is 0 Å². The van der Waals surface area contributed by atoms with Crippen LogP contribution in [0.25, 0.3) is 0 Å². The molecule has 1 aliphatic carbocycles. The van der Waals surface area contributed by atoms with Crippen molar-refractivity contribution in [3.8, 4) is 0 Å². The lowest BCUT2D eigenvalue weighted by Crippen LogP contribution is -2.45. The lowest BCUT2D eigenvalue weighted by molar-refractivity contribution is 0.0999. The van der Waals surface area contributed by atoms with Gasteiger partial charge < -0.3 is 14.9 Å². The second kappa shape index (κ2) is 8.35. The smallest absolute Gasteiger partial charge is 0.0443 e. The Morgan fingerprint density at radius 1 is 1.15 bits per heavy atom. The molecule has 0 aromatic carbocycles. The van der Waals surface area contributed by atoms with Crippen LogP contribution >= 0.6 is 0 Å². The molecule has 2 fully saturated rings. The zero-order valence-corrected chi connectivity index (χ0v) is 13.6. The molecule has 2 aliphatic rings. The molecule has 2 rings (SSSR count). The normalized spacial score (nSPS) is 30.0. The van der Waals surface area contributed by atoms with Crippen LogP contribution < -0.4 is 0 Å². The van der Waals surface area contributed by atoms with E-state index in [1.165, 1.54) is 58.2 Å². The minimum Gasteiger partial charge on any atom is -0.396 e. The molecule has 1 aliphatic heterocycles. The highest BCUT2D eigenvalue weighted by atomic mass is 16.3. The minimum atomic E-state index is 0.322. The Bertz CT molecular complexity index is 264. The molecule has 0 amide bonds. The molecule has 2 atom stereocenters. The number of hydrogen-bond acceptors (Lipinski definition) is 3. The van der Waals surface area contributed by atoms with E-state index in [9.17, 15) is 0 Å². The van der Waals surface area contributed by atoms with Crippen molar-refractivity contribution in [2.75, 3.05) is 39.8 Å². The summed E-state index contributed by atoms with van der Waals surface area (Å²) in [4.78, 5) is 5.16. The number of likely N-dealkylation sites (tertiary alicyclic amines) is 1. The molecule has 0 aromatic rings. The number of rotatable bonds is 6. The number of aliphatic hydroxyl groups excluding tert-OH is 1. The van der Waals surface area contributed by atoms with Crippen LogP contribution in [0.4, 0.5) is 0 Å². The van der Waals surface area contributed by atoms with Crippen LogP contribution in [0.15, 0.2) is 0 Å². The number of hydrogen-bond donors (Lipinski definition) is 1. The van der Waals surface area contributed by atoms with Gasteiger partial charge >= 0.3 is 0 Å². The molecular weight excluding hydrogens is 248 g/mol. The molecule has 1 N–H and O–H groups in total. The van der Waals surface area contributed by atoms with E-state index in [-0.39, 0.29) is 0 Å². The van der Waals surface area contributed by atoms with Crippen LogP contribution in [-0.4, -0.2) is 60.8 Å². The van der Waals surface area contributed by atoms with Crippen LogP contribution in [0, 0.1) is 11.8 Å². The van der Waals surface area contributed by atoms with E-state index in [1.807, 2.05) is 0 Å². The topological polar surface area (TPSA) is 26.7 Å². The van der Waals surface area contributed by atoms with Crippen LogP contribution in [0.3, 0.4) is 0 Å². The van der Waals surface area contributed by atoms with Gasteiger partial charge in [-0.25, -0.2) is 0 Å². The molecule has 2 unspecified atom stereocenters. The maximum atomic E-state index is 8.92. The average Bonchev–Trinajstić information content (AvgIpc) is 2.45. The SMILES string of the molecule is CC1CCCC(CN2CCC(N(C)CCCO)CC2)C1. The monoisotopic (exact) mass is 282 g/mol. The van der Waals surface area contributed by atoms with Crippen molar-refractivity contribution >= 4 is 0 Å². The number of nitrogens with zero attached hydrogens (tertiary/aromatic N) is 2. The first kappa shape index (κ1) is 16.3. The van der Waals surface area contributed by atoms with E-state index >= 15 is 0 Å². The van der Waals surface area contributed by atoms with Gasteiger partial charge in [-0.3, -0.25) is 0 Å². The van der Waals surface area contributed by atoms with E-state index in [0.29, 0.717) is 6.61 Å². The number of aliphatic hydroxyl groups is 1. The summed E-state index contributed by atoms with van der Waals surface area (Å²) in [7, 11) is 2.22. The standard InChI is InChI=1S/C17H34N2O/c1-15-5-3-6-16(13-15)14-19-10-7-17(8-11-19)18(2)9-4-12-20/h15-17,20H,3-14H2,1-2H3. The summed E-state index contributed by atoms with van der Waals surface area (Å²) in [5.41, 5.74) is 0. The van der Waals surface area contributed by atoms with Crippen molar-refractivity contribution in [1.82, 2.24) is 9.80 Å². The third-order valence-corrected chi connectivity index (χ3v) is 5.41. The lowest BCUT2D eigenvalue weighted by Gasteiger charge is -2.39. The van der Waals surface area contributed by atoms with Gasteiger partial charge in [-0.15, -0.1) is 0 Å². The maximum Gasteiger partial charge on any atom is 0.0443 e. The van der Waals surface area contributed by atoms with Crippen LogP contribution in [0.1, 0.15) is 51.9 Å². The first-order chi connectivity index (χ1) is 9.69. The predicted molar refractivity (Wildman–Crippen MR) is 84.9 cm³/mol. The first-order valence-electron chi connectivity index (χ1n) is 8.72. The summed E-state index contributed by atoms with van der Waals surface area (Å²) in [5.74, 6) is 1.92. The van der Waals surface area contributed by atoms with Crippen molar-refractivity contribution in [2.24, 2.45) is 11.8 Å². The largest absolute Gasteiger partial charge is 0.396 e. The van der Waals surface area contributed by atoms with Crippen LogP contribution in [0.5, 0.6) is 0 Å². The van der Waals surface area contributed by atoms with Gasteiger partial charge in [-0.05, 0) is 64.1 Å². The van der Waals surface area contributed by atoms with Gasteiger partial charge in [0, 0.05) is 25.7 Å². The summed E-state index contributed by atoms with van der Waals surface area (Å²) < 4.78 is 0. The molecule has 3 heteroatoms. The van der Waals surface area contributed by atoms with Gasteiger partial charge in [-0.2, -0.15) is 0 Å². The average molecular weight is 282 g/mol. The van der Waals surface area contributed by atoms with Crippen molar-refractivity contribution < 1.29 is 5.11 Å². The molecule has 1 saturated carbocycles. The maximum absolute atomic E-state index is 8.92. The molecule has 0 aromatic heterocycles. The van der Waals surface area contributed by atoms with Gasteiger partial charge in [0.25, 0.3) is 0 Å². The van der Waals surface area contributed by atoms with E-state index in [2.05, 4.69) is 23.8 Å². The summed E-state index contributed by atoms with van der Waals surface area (Å²) in [5, 5.41) is 8.92. The van der Waals surface area contributed by atoms with Crippen molar-refractivity contribution in [1.29, 1.82) is 0 Å². The summed E-state index contributed by atoms with van der Waals surface area (Å²) >= 11 is 0. The Labute approximate surface area is 125 Å². The summed E-state index contributed by atoms with van der Waals surface area (Å²) in [6, 6.07) is 0.739. The van der Waals surface area contributed by atoms with Gasteiger partial charge in [0.1, 0.15) is 0 Å². The highest BCUT2D eigenvalue weighted by Gasteiger charge is 2.25. The summed E-state index contributed by atoms with van der Waals surface area (Å²) in [6.45, 7) is 7.69. The molecule has 0 spiro atoms. The Morgan fingerprint density at radius 2 is 1.90 bits per heavy atom. The van der Waals surface area contributed by atoms with Crippen LogP contribution in [0.2, 0.25) is 0 Å². The Balaban J connectivity index is 1.66. The fourth-order valence-corrected chi connectivity index (χ4v) is 4.14. The van der Waals surface area contributed by atoms with Gasteiger partial charge in [-0.1, -0.05) is 19.8 Å². The van der Waals surface area contributed by atoms with Crippen LogP contribution in [-0.2, 0) is 0 Å². The molecule has 0 radical (unpaired) electrons. The highest BCUT2D eigenvalue weighted by Crippen LogP contribution is 2.30. The zero-order valence-electron chi connectivity index (χ0n) is 13.6. The molecule has 20 heavy (non-hydrogen) atoms. The van der Waals surface area contributed by atoms with Gasteiger partial charge in [0.2, 0.25) is 0 Å². The Kier molecular flexibility index (Phi) is 6.79. The van der Waals surface area contributed by atoms with E-state index in [1.54, 1.807) is 0 Å².